The molecular formula is C17H20N4O3. The Morgan fingerprint density at radius 3 is 2.88 bits per heavy atom. The summed E-state index contributed by atoms with van der Waals surface area (Å²) in [6, 6.07) is 1.79. The summed E-state index contributed by atoms with van der Waals surface area (Å²) >= 11 is 0. The zero-order valence-electron chi connectivity index (χ0n) is 14.2. The zero-order valence-corrected chi connectivity index (χ0v) is 14.2. The van der Waals surface area contributed by atoms with Crippen molar-refractivity contribution in [2.75, 3.05) is 16.8 Å². The highest BCUT2D eigenvalue weighted by Gasteiger charge is 2.32. The van der Waals surface area contributed by atoms with Gasteiger partial charge < -0.3 is 9.73 Å². The second kappa shape index (κ2) is 6.07. The van der Waals surface area contributed by atoms with Crippen LogP contribution in [-0.4, -0.2) is 28.3 Å². The van der Waals surface area contributed by atoms with Crippen molar-refractivity contribution >= 4 is 23.3 Å². The van der Waals surface area contributed by atoms with Gasteiger partial charge in [-0.05, 0) is 31.4 Å². The molecule has 2 aromatic rings. The lowest BCUT2D eigenvalue weighted by molar-refractivity contribution is -0.115. The molecule has 1 aliphatic heterocycles. The second-order valence-electron chi connectivity index (χ2n) is 6.39. The third-order valence-electron chi connectivity index (χ3n) is 3.82. The predicted octanol–water partition coefficient (Wildman–Crippen LogP) is 2.48. The van der Waals surface area contributed by atoms with Gasteiger partial charge in [-0.1, -0.05) is 13.8 Å². The van der Waals surface area contributed by atoms with E-state index >= 15 is 0 Å². The summed E-state index contributed by atoms with van der Waals surface area (Å²) in [5.74, 6) is 0.840. The second-order valence-corrected chi connectivity index (χ2v) is 6.39. The summed E-state index contributed by atoms with van der Waals surface area (Å²) in [4.78, 5) is 34.8. The van der Waals surface area contributed by atoms with E-state index in [1.807, 2.05) is 6.92 Å². The number of rotatable bonds is 3. The Balaban J connectivity index is 1.98. The summed E-state index contributed by atoms with van der Waals surface area (Å²) in [5.41, 5.74) is 1.93. The number of oxazole rings is 1. The largest absolute Gasteiger partial charge is 0.435 e. The van der Waals surface area contributed by atoms with Crippen LogP contribution in [0.2, 0.25) is 0 Å². The van der Waals surface area contributed by atoms with Gasteiger partial charge >= 0.3 is 0 Å². The molecule has 0 bridgehead atoms. The third kappa shape index (κ3) is 2.89. The highest BCUT2D eigenvalue weighted by molar-refractivity contribution is 6.14. The molecule has 0 spiro atoms. The van der Waals surface area contributed by atoms with Gasteiger partial charge in [0.05, 0.1) is 11.4 Å². The Bertz CT molecular complexity index is 810. The number of hydrogen-bond donors (Lipinski definition) is 1. The summed E-state index contributed by atoms with van der Waals surface area (Å²) in [7, 11) is 0. The van der Waals surface area contributed by atoms with Crippen molar-refractivity contribution < 1.29 is 14.0 Å². The molecule has 2 amide bonds. The van der Waals surface area contributed by atoms with Crippen LogP contribution in [0.15, 0.2) is 16.7 Å². The molecule has 1 aliphatic rings. The molecule has 0 saturated heterocycles. The molecule has 0 aromatic carbocycles. The average Bonchev–Trinajstić information content (AvgIpc) is 2.86. The summed E-state index contributed by atoms with van der Waals surface area (Å²) in [6.07, 6.45) is 2.27. The fourth-order valence-corrected chi connectivity index (χ4v) is 2.68. The molecule has 7 heteroatoms. The maximum absolute atomic E-state index is 12.9. The van der Waals surface area contributed by atoms with Crippen LogP contribution >= 0.6 is 0 Å². The number of anilines is 2. The minimum atomic E-state index is -0.399. The monoisotopic (exact) mass is 328 g/mol. The average molecular weight is 328 g/mol. The Morgan fingerprint density at radius 1 is 1.42 bits per heavy atom. The molecule has 3 rings (SSSR count). The maximum Gasteiger partial charge on any atom is 0.297 e. The number of nitrogens with zero attached hydrogens (tertiary/aromatic N) is 3. The SMILES string of the molecule is Cc1ccnc2c1NC(=O)CN2C(=O)c1oc(CC(C)C)nc1C. The first-order valence-electron chi connectivity index (χ1n) is 7.90. The van der Waals surface area contributed by atoms with E-state index in [4.69, 9.17) is 4.42 Å². The van der Waals surface area contributed by atoms with E-state index < -0.39 is 5.91 Å². The fourth-order valence-electron chi connectivity index (χ4n) is 2.68. The molecule has 24 heavy (non-hydrogen) atoms. The molecule has 0 atom stereocenters. The molecule has 0 radical (unpaired) electrons. The van der Waals surface area contributed by atoms with Gasteiger partial charge in [0, 0.05) is 12.6 Å². The zero-order chi connectivity index (χ0) is 17.4. The van der Waals surface area contributed by atoms with Crippen LogP contribution in [-0.2, 0) is 11.2 Å². The molecule has 0 aliphatic carbocycles. The number of carbonyl (C=O) groups is 2. The van der Waals surface area contributed by atoms with Crippen molar-refractivity contribution in [1.82, 2.24) is 9.97 Å². The van der Waals surface area contributed by atoms with Gasteiger partial charge in [-0.25, -0.2) is 9.97 Å². The molecule has 0 unspecified atom stereocenters. The number of hydrogen-bond acceptors (Lipinski definition) is 5. The minimum absolute atomic E-state index is 0.0953. The van der Waals surface area contributed by atoms with E-state index in [9.17, 15) is 9.59 Å². The number of carbonyl (C=O) groups excluding carboxylic acids is 2. The number of amides is 2. The lowest BCUT2D eigenvalue weighted by Crippen LogP contribution is -2.43. The Morgan fingerprint density at radius 2 is 2.17 bits per heavy atom. The number of pyridine rings is 1. The van der Waals surface area contributed by atoms with Crippen LogP contribution < -0.4 is 10.2 Å². The van der Waals surface area contributed by atoms with E-state index in [1.165, 1.54) is 4.90 Å². The summed E-state index contributed by atoms with van der Waals surface area (Å²) in [6.45, 7) is 7.60. The third-order valence-corrected chi connectivity index (χ3v) is 3.82. The molecule has 0 fully saturated rings. The molecule has 2 aromatic heterocycles. The van der Waals surface area contributed by atoms with Crippen molar-refractivity contribution in [2.24, 2.45) is 5.92 Å². The van der Waals surface area contributed by atoms with Gasteiger partial charge in [-0.2, -0.15) is 0 Å². The van der Waals surface area contributed by atoms with Gasteiger partial charge in [-0.15, -0.1) is 0 Å². The quantitative estimate of drug-likeness (QED) is 0.935. The standard InChI is InChI=1S/C17H20N4O3/c1-9(2)7-13-19-11(4)15(24-13)17(23)21-8-12(22)20-14-10(3)5-6-18-16(14)21/h5-6,9H,7-8H2,1-4H3,(H,20,22). The van der Waals surface area contributed by atoms with E-state index in [0.29, 0.717) is 35.4 Å². The molecule has 126 valence electrons. The van der Waals surface area contributed by atoms with Crippen LogP contribution in [0.1, 0.15) is 41.6 Å². The lowest BCUT2D eigenvalue weighted by Gasteiger charge is -2.28. The molecular weight excluding hydrogens is 308 g/mol. The van der Waals surface area contributed by atoms with Gasteiger partial charge in [0.15, 0.2) is 11.7 Å². The molecule has 1 N–H and O–H groups in total. The van der Waals surface area contributed by atoms with E-state index in [-0.39, 0.29) is 18.2 Å². The fraction of sp³-hybridized carbons (Fsp3) is 0.412. The highest BCUT2D eigenvalue weighted by Crippen LogP contribution is 2.31. The van der Waals surface area contributed by atoms with Crippen LogP contribution in [0.3, 0.4) is 0 Å². The Kier molecular flexibility index (Phi) is 4.09. The van der Waals surface area contributed by atoms with Gasteiger partial charge in [0.2, 0.25) is 11.7 Å². The van der Waals surface area contributed by atoms with Crippen LogP contribution in [0.5, 0.6) is 0 Å². The van der Waals surface area contributed by atoms with Crippen LogP contribution in [0.4, 0.5) is 11.5 Å². The maximum atomic E-state index is 12.9. The molecule has 3 heterocycles. The first-order valence-corrected chi connectivity index (χ1v) is 7.90. The summed E-state index contributed by atoms with van der Waals surface area (Å²) in [5, 5.41) is 2.77. The van der Waals surface area contributed by atoms with Crippen molar-refractivity contribution in [3.63, 3.8) is 0 Å². The number of aromatic nitrogens is 2. The normalized spacial score (nSPS) is 13.9. The Labute approximate surface area is 140 Å². The first-order chi connectivity index (χ1) is 11.4. The van der Waals surface area contributed by atoms with E-state index in [2.05, 4.69) is 29.1 Å². The highest BCUT2D eigenvalue weighted by atomic mass is 16.4. The predicted molar refractivity (Wildman–Crippen MR) is 89.1 cm³/mol. The van der Waals surface area contributed by atoms with Crippen LogP contribution in [0.25, 0.3) is 0 Å². The van der Waals surface area contributed by atoms with Crippen molar-refractivity contribution in [1.29, 1.82) is 0 Å². The van der Waals surface area contributed by atoms with Gasteiger partial charge in [-0.3, -0.25) is 14.5 Å². The minimum Gasteiger partial charge on any atom is -0.435 e. The van der Waals surface area contributed by atoms with Crippen LogP contribution in [0, 0.1) is 19.8 Å². The smallest absolute Gasteiger partial charge is 0.297 e. The molecule has 7 nitrogen and oxygen atoms in total. The van der Waals surface area contributed by atoms with Crippen molar-refractivity contribution in [3.05, 3.63) is 35.2 Å². The molecule has 0 saturated carbocycles. The first kappa shape index (κ1) is 16.2. The lowest BCUT2D eigenvalue weighted by atomic mass is 10.1. The topological polar surface area (TPSA) is 88.3 Å². The van der Waals surface area contributed by atoms with E-state index in [0.717, 1.165) is 5.56 Å². The Hall–Kier alpha value is -2.70. The summed E-state index contributed by atoms with van der Waals surface area (Å²) < 4.78 is 5.66. The van der Waals surface area contributed by atoms with Crippen molar-refractivity contribution in [2.45, 2.75) is 34.1 Å². The van der Waals surface area contributed by atoms with Gasteiger partial charge in [0.1, 0.15) is 6.54 Å². The number of aryl methyl sites for hydroxylation is 2. The number of fused-ring (bicyclic) bond motifs is 1. The van der Waals surface area contributed by atoms with Crippen molar-refractivity contribution in [3.8, 4) is 0 Å². The van der Waals surface area contributed by atoms with Gasteiger partial charge in [0.25, 0.3) is 5.91 Å². The number of nitrogens with one attached hydrogen (secondary N) is 1. The van der Waals surface area contributed by atoms with E-state index in [1.54, 1.807) is 19.2 Å².